The van der Waals surface area contributed by atoms with Crippen molar-refractivity contribution in [1.82, 2.24) is 10.0 Å². The first kappa shape index (κ1) is 25.0. The van der Waals surface area contributed by atoms with Crippen LogP contribution in [0.15, 0.2) is 59.5 Å². The fourth-order valence-electron chi connectivity index (χ4n) is 3.88. The van der Waals surface area contributed by atoms with Crippen LogP contribution in [0, 0.1) is 0 Å². The summed E-state index contributed by atoms with van der Waals surface area (Å²) in [5.74, 6) is 0.501. The number of nitrogens with one attached hydrogen (secondary N) is 2. The molecule has 9 nitrogen and oxygen atoms in total. The van der Waals surface area contributed by atoms with Gasteiger partial charge in [0.25, 0.3) is 0 Å². The zero-order chi connectivity index (χ0) is 23.8. The lowest BCUT2D eigenvalue weighted by Gasteiger charge is -2.32. The molecular formula is C23H30N2O7S. The minimum Gasteiger partial charge on any atom is -0.497 e. The van der Waals surface area contributed by atoms with E-state index >= 15 is 0 Å². The van der Waals surface area contributed by atoms with Crippen molar-refractivity contribution in [2.24, 2.45) is 0 Å². The molecule has 2 aromatic carbocycles. The third-order valence-corrected chi connectivity index (χ3v) is 7.05. The fraction of sp³-hybridized carbons (Fsp3) is 0.435. The highest BCUT2D eigenvalue weighted by atomic mass is 32.2. The van der Waals surface area contributed by atoms with Crippen LogP contribution >= 0.6 is 0 Å². The van der Waals surface area contributed by atoms with Crippen LogP contribution in [0.2, 0.25) is 0 Å². The summed E-state index contributed by atoms with van der Waals surface area (Å²) in [5, 5.41) is 22.8. The zero-order valence-corrected chi connectivity index (χ0v) is 19.2. The van der Waals surface area contributed by atoms with E-state index in [4.69, 9.17) is 9.47 Å². The van der Waals surface area contributed by atoms with Crippen LogP contribution in [0.5, 0.6) is 5.75 Å². The Balaban J connectivity index is 1.85. The minimum absolute atomic E-state index is 0.0266. The molecule has 0 bridgehead atoms. The van der Waals surface area contributed by atoms with Gasteiger partial charge in [0.05, 0.1) is 24.2 Å². The van der Waals surface area contributed by atoms with Gasteiger partial charge in [-0.15, -0.1) is 0 Å². The highest BCUT2D eigenvalue weighted by Gasteiger charge is 2.35. The standard InChI is InChI=1S/C23H30N2O7S/c1-31-17-11-13-19(14-12-17)33(29,30)25-22(32-18-9-5-6-10-18)21(26)20(24-23(27)28)15-16-7-3-2-4-8-16/h2-4,7-8,11-14,18,20-22,24-26H,5-6,9-10,15H2,1H3,(H,27,28)/t20-,21+,22?/m0/s1. The van der Waals surface area contributed by atoms with Crippen LogP contribution in [-0.2, 0) is 21.2 Å². The first-order chi connectivity index (χ1) is 15.8. The highest BCUT2D eigenvalue weighted by molar-refractivity contribution is 7.89. The monoisotopic (exact) mass is 478 g/mol. The van der Waals surface area contributed by atoms with E-state index in [1.54, 1.807) is 24.3 Å². The summed E-state index contributed by atoms with van der Waals surface area (Å²) in [7, 11) is -2.59. The van der Waals surface area contributed by atoms with Gasteiger partial charge in [0.2, 0.25) is 10.0 Å². The maximum atomic E-state index is 13.0. The van der Waals surface area contributed by atoms with Crippen LogP contribution in [0.25, 0.3) is 0 Å². The Kier molecular flexibility index (Phi) is 8.67. The van der Waals surface area contributed by atoms with E-state index in [9.17, 15) is 23.4 Å². The van der Waals surface area contributed by atoms with Gasteiger partial charge in [0.1, 0.15) is 18.1 Å². The summed E-state index contributed by atoms with van der Waals surface area (Å²) < 4.78 is 39.6. The Bertz CT molecular complexity index is 993. The zero-order valence-electron chi connectivity index (χ0n) is 18.4. The topological polar surface area (TPSA) is 134 Å². The molecule has 1 unspecified atom stereocenters. The Hall–Kier alpha value is -2.66. The number of aliphatic hydroxyl groups excluding tert-OH is 1. The molecule has 3 atom stereocenters. The lowest BCUT2D eigenvalue weighted by molar-refractivity contribution is -0.0896. The molecule has 33 heavy (non-hydrogen) atoms. The first-order valence-corrected chi connectivity index (χ1v) is 12.3. The van der Waals surface area contributed by atoms with E-state index in [2.05, 4.69) is 10.0 Å². The molecule has 1 aliphatic carbocycles. The summed E-state index contributed by atoms with van der Waals surface area (Å²) in [6.45, 7) is 0. The quantitative estimate of drug-likeness (QED) is 0.365. The Morgan fingerprint density at radius 3 is 2.30 bits per heavy atom. The fourth-order valence-corrected chi connectivity index (χ4v) is 5.01. The van der Waals surface area contributed by atoms with Crippen LogP contribution in [0.1, 0.15) is 31.2 Å². The van der Waals surface area contributed by atoms with Gasteiger partial charge in [0, 0.05) is 0 Å². The molecule has 0 spiro atoms. The molecule has 1 saturated carbocycles. The normalized spacial score (nSPS) is 17.3. The van der Waals surface area contributed by atoms with Crippen molar-refractivity contribution in [1.29, 1.82) is 0 Å². The summed E-state index contributed by atoms with van der Waals surface area (Å²) in [5.41, 5.74) is 0.785. The first-order valence-electron chi connectivity index (χ1n) is 10.8. The van der Waals surface area contributed by atoms with Gasteiger partial charge in [0.15, 0.2) is 0 Å². The predicted molar refractivity (Wildman–Crippen MR) is 122 cm³/mol. The van der Waals surface area contributed by atoms with Crippen molar-refractivity contribution in [2.75, 3.05) is 7.11 Å². The molecular weight excluding hydrogens is 448 g/mol. The highest BCUT2D eigenvalue weighted by Crippen LogP contribution is 2.24. The summed E-state index contributed by atoms with van der Waals surface area (Å²) >= 11 is 0. The minimum atomic E-state index is -4.07. The van der Waals surface area contributed by atoms with Crippen LogP contribution < -0.4 is 14.8 Å². The summed E-state index contributed by atoms with van der Waals surface area (Å²) in [4.78, 5) is 11.4. The molecule has 0 aromatic heterocycles. The number of methoxy groups -OCH3 is 1. The van der Waals surface area contributed by atoms with Crippen molar-refractivity contribution in [2.45, 2.75) is 61.5 Å². The molecule has 4 N–H and O–H groups in total. The average molecular weight is 479 g/mol. The lowest BCUT2D eigenvalue weighted by Crippen LogP contribution is -2.56. The van der Waals surface area contributed by atoms with E-state index in [0.717, 1.165) is 31.2 Å². The summed E-state index contributed by atoms with van der Waals surface area (Å²) in [6.07, 6.45) is -0.858. The number of benzene rings is 2. The van der Waals surface area contributed by atoms with Crippen LogP contribution in [0.4, 0.5) is 4.79 Å². The number of hydrogen-bond acceptors (Lipinski definition) is 6. The molecule has 10 heteroatoms. The van der Waals surface area contributed by atoms with Gasteiger partial charge in [-0.1, -0.05) is 43.2 Å². The summed E-state index contributed by atoms with van der Waals surface area (Å²) in [6, 6.07) is 13.8. The third kappa shape index (κ3) is 7.16. The van der Waals surface area contributed by atoms with Crippen LogP contribution in [-0.4, -0.2) is 56.3 Å². The molecule has 0 radical (unpaired) electrons. The number of amides is 1. The maximum absolute atomic E-state index is 13.0. The van der Waals surface area contributed by atoms with Gasteiger partial charge < -0.3 is 25.0 Å². The number of carboxylic acid groups (broad SMARTS) is 1. The van der Waals surface area contributed by atoms with Crippen molar-refractivity contribution < 1.29 is 32.9 Å². The molecule has 3 rings (SSSR count). The number of carbonyl (C=O) groups is 1. The second kappa shape index (κ2) is 11.5. The Morgan fingerprint density at radius 2 is 1.73 bits per heavy atom. The van der Waals surface area contributed by atoms with E-state index in [1.807, 2.05) is 6.07 Å². The molecule has 180 valence electrons. The van der Waals surface area contributed by atoms with Crippen molar-refractivity contribution in [3.63, 3.8) is 0 Å². The SMILES string of the molecule is COc1ccc(S(=O)(=O)NC(OC2CCCC2)[C@H](O)[C@H](Cc2ccccc2)NC(=O)O)cc1. The number of hydrogen-bond donors (Lipinski definition) is 4. The van der Waals surface area contributed by atoms with Gasteiger partial charge in [-0.3, -0.25) is 0 Å². The third-order valence-electron chi connectivity index (χ3n) is 5.61. The lowest BCUT2D eigenvalue weighted by atomic mass is 10.0. The largest absolute Gasteiger partial charge is 0.497 e. The number of sulfonamides is 1. The van der Waals surface area contributed by atoms with Crippen molar-refractivity contribution >= 4 is 16.1 Å². The maximum Gasteiger partial charge on any atom is 0.404 e. The van der Waals surface area contributed by atoms with E-state index < -0.39 is 34.5 Å². The molecule has 1 amide bonds. The average Bonchev–Trinajstić information content (AvgIpc) is 3.31. The van der Waals surface area contributed by atoms with E-state index in [-0.39, 0.29) is 17.4 Å². The molecule has 0 aliphatic heterocycles. The second-order valence-electron chi connectivity index (χ2n) is 8.00. The molecule has 0 heterocycles. The van der Waals surface area contributed by atoms with Gasteiger partial charge in [-0.2, -0.15) is 4.72 Å². The Morgan fingerprint density at radius 1 is 1.09 bits per heavy atom. The van der Waals surface area contributed by atoms with Crippen LogP contribution in [0.3, 0.4) is 0 Å². The van der Waals surface area contributed by atoms with Crippen molar-refractivity contribution in [3.8, 4) is 5.75 Å². The van der Waals surface area contributed by atoms with Gasteiger partial charge in [-0.25, -0.2) is 13.2 Å². The number of aliphatic hydroxyl groups is 1. The molecule has 0 saturated heterocycles. The molecule has 1 aliphatic rings. The molecule has 2 aromatic rings. The molecule has 1 fully saturated rings. The van der Waals surface area contributed by atoms with Gasteiger partial charge in [-0.05, 0) is 49.1 Å². The van der Waals surface area contributed by atoms with Crippen molar-refractivity contribution in [3.05, 3.63) is 60.2 Å². The second-order valence-corrected chi connectivity index (χ2v) is 9.71. The van der Waals surface area contributed by atoms with E-state index in [0.29, 0.717) is 5.75 Å². The predicted octanol–water partition coefficient (Wildman–Crippen LogP) is 2.50. The Labute approximate surface area is 193 Å². The van der Waals surface area contributed by atoms with E-state index in [1.165, 1.54) is 31.4 Å². The number of ether oxygens (including phenoxy) is 2. The van der Waals surface area contributed by atoms with Gasteiger partial charge >= 0.3 is 6.09 Å². The smallest absolute Gasteiger partial charge is 0.404 e. The number of rotatable bonds is 11.